The number of aliphatic hydroxyl groups is 4. The van der Waals surface area contributed by atoms with Crippen molar-refractivity contribution in [3.8, 4) is 0 Å². The van der Waals surface area contributed by atoms with Gasteiger partial charge in [0.05, 0.1) is 19.8 Å². The van der Waals surface area contributed by atoms with Crippen LogP contribution in [-0.4, -0.2) is 83.3 Å². The molecule has 0 bridgehead atoms. The predicted octanol–water partition coefficient (Wildman–Crippen LogP) is -1.81. The van der Waals surface area contributed by atoms with Gasteiger partial charge in [-0.1, -0.05) is 0 Å². The summed E-state index contributed by atoms with van der Waals surface area (Å²) in [6.45, 7) is 1.81. The molecule has 0 saturated carbocycles. The fourth-order valence-electron chi connectivity index (χ4n) is 1.95. The standard InChI is InChI=1S/C13H24O8/c1-8(15)3-2-4-19-5-6-20-13-12(18)11(17)10(16)9(7-14)21-13/h9-14,16-18H,2-7H2,1H3/t9-,10-,11+,12+,13+/m1/s1. The third kappa shape index (κ3) is 5.95. The second-order valence-electron chi connectivity index (χ2n) is 4.99. The average Bonchev–Trinajstić information content (AvgIpc) is 2.45. The second-order valence-corrected chi connectivity index (χ2v) is 4.99. The number of carbonyl (C=O) groups excluding carboxylic acids is 1. The number of ketones is 1. The highest BCUT2D eigenvalue weighted by molar-refractivity contribution is 5.75. The van der Waals surface area contributed by atoms with E-state index in [-0.39, 0.29) is 19.0 Å². The summed E-state index contributed by atoms with van der Waals surface area (Å²) in [4.78, 5) is 10.7. The van der Waals surface area contributed by atoms with Crippen molar-refractivity contribution in [2.24, 2.45) is 0 Å². The molecule has 1 saturated heterocycles. The van der Waals surface area contributed by atoms with Gasteiger partial charge in [0, 0.05) is 13.0 Å². The lowest BCUT2D eigenvalue weighted by atomic mass is 9.99. The van der Waals surface area contributed by atoms with Crippen LogP contribution in [0, 0.1) is 0 Å². The van der Waals surface area contributed by atoms with Crippen molar-refractivity contribution in [3.05, 3.63) is 0 Å². The zero-order valence-electron chi connectivity index (χ0n) is 12.1. The van der Waals surface area contributed by atoms with Gasteiger partial charge in [0.25, 0.3) is 0 Å². The molecule has 5 atom stereocenters. The molecule has 0 radical (unpaired) electrons. The lowest BCUT2D eigenvalue weighted by molar-refractivity contribution is -0.302. The van der Waals surface area contributed by atoms with Gasteiger partial charge < -0.3 is 39.4 Å². The summed E-state index contributed by atoms with van der Waals surface area (Å²) >= 11 is 0. The Morgan fingerprint density at radius 1 is 1.10 bits per heavy atom. The van der Waals surface area contributed by atoms with Crippen LogP contribution in [-0.2, 0) is 19.0 Å². The molecule has 0 unspecified atom stereocenters. The SMILES string of the molecule is CC(=O)CCCOCCO[C@H]1O[C@H](CO)[C@@H](O)[C@H](O)[C@@H]1O. The van der Waals surface area contributed by atoms with Gasteiger partial charge in [0.1, 0.15) is 30.2 Å². The molecular weight excluding hydrogens is 284 g/mol. The summed E-state index contributed by atoms with van der Waals surface area (Å²) in [5.41, 5.74) is 0. The second kappa shape index (κ2) is 9.42. The van der Waals surface area contributed by atoms with Gasteiger partial charge in [0.2, 0.25) is 0 Å². The third-order valence-corrected chi connectivity index (χ3v) is 3.18. The zero-order valence-corrected chi connectivity index (χ0v) is 12.1. The number of hydrogen-bond donors (Lipinski definition) is 4. The smallest absolute Gasteiger partial charge is 0.186 e. The van der Waals surface area contributed by atoms with Gasteiger partial charge in [-0.05, 0) is 13.3 Å². The van der Waals surface area contributed by atoms with E-state index in [1.54, 1.807) is 0 Å². The van der Waals surface area contributed by atoms with E-state index in [9.17, 15) is 20.1 Å². The maximum Gasteiger partial charge on any atom is 0.186 e. The Labute approximate surface area is 123 Å². The molecule has 8 nitrogen and oxygen atoms in total. The van der Waals surface area contributed by atoms with Crippen molar-refractivity contribution in [1.29, 1.82) is 0 Å². The van der Waals surface area contributed by atoms with Crippen LogP contribution in [0.1, 0.15) is 19.8 Å². The van der Waals surface area contributed by atoms with Crippen LogP contribution < -0.4 is 0 Å². The van der Waals surface area contributed by atoms with E-state index in [1.807, 2.05) is 0 Å². The van der Waals surface area contributed by atoms with Crippen molar-refractivity contribution >= 4 is 5.78 Å². The Morgan fingerprint density at radius 2 is 1.81 bits per heavy atom. The molecule has 124 valence electrons. The van der Waals surface area contributed by atoms with Crippen molar-refractivity contribution in [2.45, 2.75) is 50.5 Å². The molecule has 0 aliphatic carbocycles. The van der Waals surface area contributed by atoms with Crippen molar-refractivity contribution in [1.82, 2.24) is 0 Å². The summed E-state index contributed by atoms with van der Waals surface area (Å²) < 4.78 is 15.6. The number of aliphatic hydroxyl groups excluding tert-OH is 4. The van der Waals surface area contributed by atoms with E-state index in [2.05, 4.69) is 0 Å². The maximum atomic E-state index is 10.7. The Kier molecular flexibility index (Phi) is 8.27. The number of Topliss-reactive ketones (excluding diaryl/α,β-unsaturated/α-hetero) is 1. The number of rotatable bonds is 9. The first-order valence-corrected chi connectivity index (χ1v) is 6.96. The van der Waals surface area contributed by atoms with E-state index >= 15 is 0 Å². The Bertz CT molecular complexity index is 309. The normalized spacial score (nSPS) is 33.1. The van der Waals surface area contributed by atoms with Crippen LogP contribution in [0.2, 0.25) is 0 Å². The third-order valence-electron chi connectivity index (χ3n) is 3.18. The van der Waals surface area contributed by atoms with Crippen LogP contribution in [0.5, 0.6) is 0 Å². The van der Waals surface area contributed by atoms with Gasteiger partial charge >= 0.3 is 0 Å². The van der Waals surface area contributed by atoms with E-state index in [1.165, 1.54) is 6.92 Å². The van der Waals surface area contributed by atoms with Gasteiger partial charge in [-0.2, -0.15) is 0 Å². The maximum absolute atomic E-state index is 10.7. The molecule has 8 heteroatoms. The van der Waals surface area contributed by atoms with E-state index in [0.717, 1.165) is 0 Å². The lowest BCUT2D eigenvalue weighted by Gasteiger charge is -2.39. The molecule has 0 amide bonds. The molecule has 0 aromatic heterocycles. The average molecular weight is 308 g/mol. The first-order chi connectivity index (χ1) is 9.97. The first kappa shape index (κ1) is 18.4. The molecule has 1 fully saturated rings. The van der Waals surface area contributed by atoms with Gasteiger partial charge in [0.15, 0.2) is 6.29 Å². The monoisotopic (exact) mass is 308 g/mol. The first-order valence-electron chi connectivity index (χ1n) is 6.96. The molecule has 0 aromatic carbocycles. The topological polar surface area (TPSA) is 126 Å². The van der Waals surface area contributed by atoms with Gasteiger partial charge in [-0.25, -0.2) is 0 Å². The fourth-order valence-corrected chi connectivity index (χ4v) is 1.95. The molecule has 1 aliphatic heterocycles. The largest absolute Gasteiger partial charge is 0.394 e. The highest BCUT2D eigenvalue weighted by Crippen LogP contribution is 2.21. The summed E-state index contributed by atoms with van der Waals surface area (Å²) in [7, 11) is 0. The Hall–Kier alpha value is -0.610. The minimum atomic E-state index is -1.45. The zero-order chi connectivity index (χ0) is 15.8. The van der Waals surface area contributed by atoms with Crippen LogP contribution in [0.25, 0.3) is 0 Å². The van der Waals surface area contributed by atoms with Crippen LogP contribution >= 0.6 is 0 Å². The molecular formula is C13H24O8. The summed E-state index contributed by atoms with van der Waals surface area (Å²) in [6.07, 6.45) is -5.26. The van der Waals surface area contributed by atoms with Crippen LogP contribution in [0.15, 0.2) is 0 Å². The lowest BCUT2D eigenvalue weighted by Crippen LogP contribution is -2.59. The van der Waals surface area contributed by atoms with Crippen LogP contribution in [0.4, 0.5) is 0 Å². The summed E-state index contributed by atoms with van der Waals surface area (Å²) in [6, 6.07) is 0. The molecule has 1 rings (SSSR count). The molecule has 21 heavy (non-hydrogen) atoms. The fraction of sp³-hybridized carbons (Fsp3) is 0.923. The van der Waals surface area contributed by atoms with Gasteiger partial charge in [-0.3, -0.25) is 0 Å². The van der Waals surface area contributed by atoms with Crippen molar-refractivity contribution in [2.75, 3.05) is 26.4 Å². The van der Waals surface area contributed by atoms with Crippen molar-refractivity contribution < 1.29 is 39.4 Å². The van der Waals surface area contributed by atoms with Crippen LogP contribution in [0.3, 0.4) is 0 Å². The summed E-state index contributed by atoms with van der Waals surface area (Å²) in [5.74, 6) is 0.108. The Balaban J connectivity index is 2.20. The molecule has 1 aliphatic rings. The van der Waals surface area contributed by atoms with E-state index < -0.39 is 37.3 Å². The predicted molar refractivity (Wildman–Crippen MR) is 70.5 cm³/mol. The molecule has 0 spiro atoms. The molecule has 0 aromatic rings. The minimum absolute atomic E-state index is 0.108. The molecule has 1 heterocycles. The number of ether oxygens (including phenoxy) is 3. The highest BCUT2D eigenvalue weighted by Gasteiger charge is 2.43. The summed E-state index contributed by atoms with van der Waals surface area (Å²) in [5, 5.41) is 37.9. The number of carbonyl (C=O) groups is 1. The Morgan fingerprint density at radius 3 is 2.43 bits per heavy atom. The van der Waals surface area contributed by atoms with E-state index in [0.29, 0.717) is 19.4 Å². The van der Waals surface area contributed by atoms with Crippen molar-refractivity contribution in [3.63, 3.8) is 0 Å². The number of hydrogen-bond acceptors (Lipinski definition) is 8. The molecule has 4 N–H and O–H groups in total. The van der Waals surface area contributed by atoms with E-state index in [4.69, 9.17) is 19.3 Å². The highest BCUT2D eigenvalue weighted by atomic mass is 16.7. The van der Waals surface area contributed by atoms with Gasteiger partial charge in [-0.15, -0.1) is 0 Å². The minimum Gasteiger partial charge on any atom is -0.394 e. The quantitative estimate of drug-likeness (QED) is 0.367.